The second kappa shape index (κ2) is 2.96. The fraction of sp³-hybridized carbons (Fsp3) is 0.222. The molecule has 0 bridgehead atoms. The molecule has 2 N–H and O–H groups in total. The zero-order valence-corrected chi connectivity index (χ0v) is 9.25. The number of fused-ring (bicyclic) bond motifs is 1. The Labute approximate surface area is 87.6 Å². The van der Waals surface area contributed by atoms with Crippen molar-refractivity contribution in [2.75, 3.05) is 12.0 Å². The Bertz CT molecular complexity index is 628. The Morgan fingerprint density at radius 2 is 2.07 bits per heavy atom. The monoisotopic (exact) mass is 225 g/mol. The number of anilines is 1. The van der Waals surface area contributed by atoms with Crippen LogP contribution in [0.2, 0.25) is 0 Å². The van der Waals surface area contributed by atoms with Gasteiger partial charge in [0.05, 0.1) is 17.3 Å². The molecule has 0 amide bonds. The minimum absolute atomic E-state index is 0.00176. The minimum Gasteiger partial charge on any atom is -0.368 e. The summed E-state index contributed by atoms with van der Waals surface area (Å²) in [5.41, 5.74) is 7.64. The van der Waals surface area contributed by atoms with Gasteiger partial charge < -0.3 is 5.73 Å². The van der Waals surface area contributed by atoms with Crippen molar-refractivity contribution >= 4 is 27.0 Å². The van der Waals surface area contributed by atoms with Crippen molar-refractivity contribution in [3.63, 3.8) is 0 Å². The maximum absolute atomic E-state index is 11.5. The highest BCUT2D eigenvalue weighted by Gasteiger charge is 2.15. The molecule has 0 saturated carbocycles. The number of hydrogen-bond acceptors (Lipinski definition) is 4. The van der Waals surface area contributed by atoms with E-state index >= 15 is 0 Å². The number of nitrogens with zero attached hydrogens (tertiary/aromatic N) is 2. The molecule has 0 spiro atoms. The van der Waals surface area contributed by atoms with E-state index in [1.54, 1.807) is 12.1 Å². The van der Waals surface area contributed by atoms with Crippen LogP contribution in [0.25, 0.3) is 11.0 Å². The van der Waals surface area contributed by atoms with Crippen LogP contribution >= 0.6 is 0 Å². The van der Waals surface area contributed by atoms with Crippen LogP contribution in [0.3, 0.4) is 0 Å². The lowest BCUT2D eigenvalue weighted by Crippen LogP contribution is -2.12. The smallest absolute Gasteiger partial charge is 0.239 e. The normalized spacial score (nSPS) is 12.1. The van der Waals surface area contributed by atoms with E-state index in [2.05, 4.69) is 4.98 Å². The number of aryl methyl sites for hydroxylation is 1. The largest absolute Gasteiger partial charge is 0.368 e. The molecule has 5 nitrogen and oxygen atoms in total. The van der Waals surface area contributed by atoms with Gasteiger partial charge in [-0.25, -0.2) is 17.4 Å². The predicted molar refractivity (Wildman–Crippen MR) is 59.1 cm³/mol. The highest BCUT2D eigenvalue weighted by Crippen LogP contribution is 2.20. The maximum Gasteiger partial charge on any atom is 0.239 e. The zero-order chi connectivity index (χ0) is 11.2. The van der Waals surface area contributed by atoms with E-state index in [4.69, 9.17) is 5.73 Å². The van der Waals surface area contributed by atoms with Crippen molar-refractivity contribution in [1.29, 1.82) is 0 Å². The van der Waals surface area contributed by atoms with Crippen LogP contribution in [-0.4, -0.2) is 23.6 Å². The van der Waals surface area contributed by atoms with E-state index in [-0.39, 0.29) is 5.95 Å². The lowest BCUT2D eigenvalue weighted by Gasteiger charge is -2.02. The summed E-state index contributed by atoms with van der Waals surface area (Å²) >= 11 is 0. The van der Waals surface area contributed by atoms with E-state index in [1.165, 1.54) is 0 Å². The fourth-order valence-electron chi connectivity index (χ4n) is 1.53. The molecule has 0 unspecified atom stereocenters. The zero-order valence-electron chi connectivity index (χ0n) is 8.43. The van der Waals surface area contributed by atoms with Crippen molar-refractivity contribution in [3.8, 4) is 0 Å². The summed E-state index contributed by atoms with van der Waals surface area (Å²) in [6, 6.07) is 5.36. The molecule has 1 heterocycles. The first kappa shape index (κ1) is 9.97. The average molecular weight is 225 g/mol. The number of hydrogen-bond donors (Lipinski definition) is 1. The summed E-state index contributed by atoms with van der Waals surface area (Å²) in [5.74, 6) is -0.00176. The molecule has 80 valence electrons. The van der Waals surface area contributed by atoms with E-state index < -0.39 is 10.0 Å². The summed E-state index contributed by atoms with van der Waals surface area (Å²) in [6.07, 6.45) is 1.10. The predicted octanol–water partition coefficient (Wildman–Crippen LogP) is 0.735. The van der Waals surface area contributed by atoms with Crippen molar-refractivity contribution < 1.29 is 8.42 Å². The molecule has 6 heteroatoms. The van der Waals surface area contributed by atoms with Gasteiger partial charge in [-0.15, -0.1) is 0 Å². The third kappa shape index (κ3) is 1.56. The van der Waals surface area contributed by atoms with Gasteiger partial charge in [0.15, 0.2) is 0 Å². The van der Waals surface area contributed by atoms with Crippen molar-refractivity contribution in [1.82, 2.24) is 8.96 Å². The molecule has 0 aliphatic carbocycles. The molecule has 0 fully saturated rings. The minimum atomic E-state index is -3.40. The van der Waals surface area contributed by atoms with E-state index in [9.17, 15) is 8.42 Å². The standard InChI is InChI=1S/C9H11N3O2S/c1-6-3-4-7-8(5-6)12(9(10)11-7)15(2,13)14/h3-5H,1-2H3,(H2,10,11). The molecule has 2 aromatic rings. The Morgan fingerprint density at radius 1 is 1.40 bits per heavy atom. The summed E-state index contributed by atoms with van der Waals surface area (Å²) in [6.45, 7) is 1.88. The molecule has 1 aromatic carbocycles. The van der Waals surface area contributed by atoms with Crippen LogP contribution < -0.4 is 5.73 Å². The topological polar surface area (TPSA) is 78.0 Å². The molecule has 1 aromatic heterocycles. The fourth-order valence-corrected chi connectivity index (χ4v) is 2.42. The van der Waals surface area contributed by atoms with Crippen LogP contribution in [0.5, 0.6) is 0 Å². The molecule has 15 heavy (non-hydrogen) atoms. The van der Waals surface area contributed by atoms with Gasteiger partial charge in [0.1, 0.15) is 0 Å². The Balaban J connectivity index is 2.95. The summed E-state index contributed by atoms with van der Waals surface area (Å²) in [4.78, 5) is 3.98. The number of nitrogen functional groups attached to an aromatic ring is 1. The Hall–Kier alpha value is -1.56. The first-order chi connectivity index (χ1) is 6.89. The van der Waals surface area contributed by atoms with E-state index in [1.807, 2.05) is 13.0 Å². The van der Waals surface area contributed by atoms with Crippen molar-refractivity contribution in [3.05, 3.63) is 23.8 Å². The van der Waals surface area contributed by atoms with Crippen LogP contribution in [0.15, 0.2) is 18.2 Å². The third-order valence-corrected chi connectivity index (χ3v) is 3.17. The van der Waals surface area contributed by atoms with Gasteiger partial charge in [0.2, 0.25) is 16.0 Å². The SMILES string of the molecule is Cc1ccc2nc(N)n(S(C)(=O)=O)c2c1. The van der Waals surface area contributed by atoms with Crippen molar-refractivity contribution in [2.24, 2.45) is 0 Å². The average Bonchev–Trinajstić information content (AvgIpc) is 2.38. The van der Waals surface area contributed by atoms with E-state index in [0.717, 1.165) is 15.8 Å². The van der Waals surface area contributed by atoms with Gasteiger partial charge in [-0.05, 0) is 24.6 Å². The Morgan fingerprint density at radius 3 is 2.67 bits per heavy atom. The molecule has 0 aliphatic heterocycles. The highest BCUT2D eigenvalue weighted by molar-refractivity contribution is 7.89. The molecule has 0 radical (unpaired) electrons. The van der Waals surface area contributed by atoms with Crippen LogP contribution in [0.4, 0.5) is 5.95 Å². The highest BCUT2D eigenvalue weighted by atomic mass is 32.2. The van der Waals surface area contributed by atoms with Gasteiger partial charge in [-0.2, -0.15) is 0 Å². The lowest BCUT2D eigenvalue weighted by atomic mass is 10.2. The van der Waals surface area contributed by atoms with Crippen LogP contribution in [-0.2, 0) is 10.0 Å². The summed E-state index contributed by atoms with van der Waals surface area (Å²) in [5, 5.41) is 0. The van der Waals surface area contributed by atoms with Gasteiger partial charge in [0.25, 0.3) is 0 Å². The number of nitrogens with two attached hydrogens (primary N) is 1. The van der Waals surface area contributed by atoms with Gasteiger partial charge in [-0.3, -0.25) is 0 Å². The molecule has 0 aliphatic rings. The second-order valence-electron chi connectivity index (χ2n) is 3.49. The summed E-state index contributed by atoms with van der Waals surface area (Å²) < 4.78 is 24.0. The quantitative estimate of drug-likeness (QED) is 0.776. The Kier molecular flexibility index (Phi) is 1.97. The van der Waals surface area contributed by atoms with Crippen LogP contribution in [0, 0.1) is 6.92 Å². The molecule has 2 rings (SSSR count). The summed E-state index contributed by atoms with van der Waals surface area (Å²) in [7, 11) is -3.40. The molecular weight excluding hydrogens is 214 g/mol. The van der Waals surface area contributed by atoms with Gasteiger partial charge >= 0.3 is 0 Å². The molecular formula is C9H11N3O2S. The van der Waals surface area contributed by atoms with E-state index in [0.29, 0.717) is 11.0 Å². The molecule has 0 saturated heterocycles. The number of benzene rings is 1. The first-order valence-electron chi connectivity index (χ1n) is 4.35. The lowest BCUT2D eigenvalue weighted by molar-refractivity contribution is 0.595. The maximum atomic E-state index is 11.5. The number of imidazole rings is 1. The van der Waals surface area contributed by atoms with Crippen LogP contribution in [0.1, 0.15) is 5.56 Å². The number of rotatable bonds is 1. The van der Waals surface area contributed by atoms with Crippen molar-refractivity contribution in [2.45, 2.75) is 6.92 Å². The first-order valence-corrected chi connectivity index (χ1v) is 6.19. The second-order valence-corrected chi connectivity index (χ2v) is 5.32. The van der Waals surface area contributed by atoms with Gasteiger partial charge in [0, 0.05) is 0 Å². The third-order valence-electron chi connectivity index (χ3n) is 2.12. The molecule has 0 atom stereocenters. The van der Waals surface area contributed by atoms with Gasteiger partial charge in [-0.1, -0.05) is 6.07 Å². The number of aromatic nitrogens is 2.